The lowest BCUT2D eigenvalue weighted by atomic mass is 9.93. The first-order valence-electron chi connectivity index (χ1n) is 8.76. The number of methoxy groups -OCH3 is 1. The second kappa shape index (κ2) is 8.20. The molecule has 1 heterocycles. The average molecular weight is 416 g/mol. The molecule has 5 nitrogen and oxygen atoms in total. The minimum Gasteiger partial charge on any atom is -0.497 e. The molecule has 0 aromatic heterocycles. The number of carbonyl (C=O) groups excluding carboxylic acids is 1. The number of halogens is 1. The van der Waals surface area contributed by atoms with Crippen molar-refractivity contribution in [2.45, 2.75) is 13.0 Å². The van der Waals surface area contributed by atoms with Crippen LogP contribution in [0.3, 0.4) is 0 Å². The Kier molecular flexibility index (Phi) is 5.91. The third kappa shape index (κ3) is 3.70. The van der Waals surface area contributed by atoms with E-state index in [-0.39, 0.29) is 5.91 Å². The normalized spacial score (nSPS) is 16.7. The summed E-state index contributed by atoms with van der Waals surface area (Å²) < 4.78 is 5.23. The molecule has 28 heavy (non-hydrogen) atoms. The molecule has 1 atom stereocenters. The minimum atomic E-state index is -0.425. The van der Waals surface area contributed by atoms with Crippen LogP contribution in [0.2, 0.25) is 5.02 Å². The third-order valence-electron chi connectivity index (χ3n) is 4.67. The fourth-order valence-corrected chi connectivity index (χ4v) is 3.85. The molecular weight excluding hydrogens is 394 g/mol. The van der Waals surface area contributed by atoms with Crippen molar-refractivity contribution >= 4 is 40.5 Å². The van der Waals surface area contributed by atoms with E-state index in [1.165, 1.54) is 0 Å². The van der Waals surface area contributed by atoms with Gasteiger partial charge in [-0.1, -0.05) is 29.8 Å². The number of nitrogens with zero attached hydrogens (tertiary/aromatic N) is 2. The Balaban J connectivity index is 2.15. The van der Waals surface area contributed by atoms with Crippen molar-refractivity contribution in [1.29, 1.82) is 0 Å². The molecule has 0 radical (unpaired) electrons. The molecule has 0 spiro atoms. The van der Waals surface area contributed by atoms with Crippen molar-refractivity contribution in [1.82, 2.24) is 10.2 Å². The van der Waals surface area contributed by atoms with Gasteiger partial charge in [-0.3, -0.25) is 9.69 Å². The second-order valence-electron chi connectivity index (χ2n) is 6.64. The largest absolute Gasteiger partial charge is 0.497 e. The molecule has 0 fully saturated rings. The first kappa shape index (κ1) is 20.2. The summed E-state index contributed by atoms with van der Waals surface area (Å²) in [5.74, 6) is 0.649. The molecule has 1 aliphatic rings. The lowest BCUT2D eigenvalue weighted by Gasteiger charge is -2.38. The summed E-state index contributed by atoms with van der Waals surface area (Å²) in [6, 6.07) is 14.6. The van der Waals surface area contributed by atoms with Crippen LogP contribution in [0.25, 0.3) is 0 Å². The van der Waals surface area contributed by atoms with Crippen molar-refractivity contribution in [3.05, 3.63) is 70.4 Å². The van der Waals surface area contributed by atoms with E-state index in [1.54, 1.807) is 26.1 Å². The van der Waals surface area contributed by atoms with E-state index in [0.29, 0.717) is 15.7 Å². The molecule has 0 saturated heterocycles. The van der Waals surface area contributed by atoms with Crippen molar-refractivity contribution < 1.29 is 9.53 Å². The lowest BCUT2D eigenvalue weighted by Crippen LogP contribution is -2.49. The zero-order valence-electron chi connectivity index (χ0n) is 16.2. The number of rotatable bonds is 4. The van der Waals surface area contributed by atoms with Crippen LogP contribution in [0.4, 0.5) is 5.69 Å². The van der Waals surface area contributed by atoms with Crippen LogP contribution in [0.5, 0.6) is 5.75 Å². The molecule has 0 aliphatic carbocycles. The van der Waals surface area contributed by atoms with Gasteiger partial charge in [-0.15, -0.1) is 0 Å². The number of anilines is 1. The Bertz CT molecular complexity index is 941. The van der Waals surface area contributed by atoms with Crippen molar-refractivity contribution in [2.24, 2.45) is 0 Å². The summed E-state index contributed by atoms with van der Waals surface area (Å²) in [5, 5.41) is 4.39. The Morgan fingerprint density at radius 2 is 1.82 bits per heavy atom. The van der Waals surface area contributed by atoms with Gasteiger partial charge in [0.05, 0.1) is 18.7 Å². The SMILES string of the molecule is COc1ccc(N2C(=S)NC(c3ccccc3Cl)C(C(=O)N(C)C)=C2C)cc1. The molecule has 0 bridgehead atoms. The van der Waals surface area contributed by atoms with Gasteiger partial charge in [0.2, 0.25) is 0 Å². The second-order valence-corrected chi connectivity index (χ2v) is 7.43. The number of benzene rings is 2. The molecule has 146 valence electrons. The summed E-state index contributed by atoms with van der Waals surface area (Å²) in [7, 11) is 5.09. The van der Waals surface area contributed by atoms with E-state index in [2.05, 4.69) is 5.32 Å². The Hall–Kier alpha value is -2.57. The lowest BCUT2D eigenvalue weighted by molar-refractivity contribution is -0.125. The van der Waals surface area contributed by atoms with Crippen molar-refractivity contribution in [3.63, 3.8) is 0 Å². The summed E-state index contributed by atoms with van der Waals surface area (Å²) in [6.45, 7) is 1.90. The number of thiocarbonyl (C=S) groups is 1. The smallest absolute Gasteiger partial charge is 0.253 e. The zero-order chi connectivity index (χ0) is 20.4. The maximum absolute atomic E-state index is 13.1. The molecule has 2 aromatic carbocycles. The fourth-order valence-electron chi connectivity index (χ4n) is 3.25. The highest BCUT2D eigenvalue weighted by atomic mass is 35.5. The highest BCUT2D eigenvalue weighted by Gasteiger charge is 2.36. The number of hydrogen-bond donors (Lipinski definition) is 1. The van der Waals surface area contributed by atoms with Crippen molar-refractivity contribution in [2.75, 3.05) is 26.1 Å². The van der Waals surface area contributed by atoms with E-state index in [4.69, 9.17) is 28.6 Å². The van der Waals surface area contributed by atoms with Gasteiger partial charge in [-0.2, -0.15) is 0 Å². The third-order valence-corrected chi connectivity index (χ3v) is 5.31. The van der Waals surface area contributed by atoms with Gasteiger partial charge < -0.3 is 15.0 Å². The van der Waals surface area contributed by atoms with Crippen LogP contribution >= 0.6 is 23.8 Å². The monoisotopic (exact) mass is 415 g/mol. The number of hydrogen-bond acceptors (Lipinski definition) is 3. The fraction of sp³-hybridized carbons (Fsp3) is 0.238. The Morgan fingerprint density at radius 1 is 1.18 bits per heavy atom. The van der Waals surface area contributed by atoms with Gasteiger partial charge in [0.15, 0.2) is 5.11 Å². The van der Waals surface area contributed by atoms with Gasteiger partial charge in [-0.25, -0.2) is 0 Å². The molecule has 7 heteroatoms. The maximum Gasteiger partial charge on any atom is 0.253 e. The maximum atomic E-state index is 13.1. The van der Waals surface area contributed by atoms with E-state index in [9.17, 15) is 4.79 Å². The van der Waals surface area contributed by atoms with Crippen LogP contribution in [0.15, 0.2) is 59.8 Å². The number of amides is 1. The molecule has 3 rings (SSSR count). The number of nitrogens with one attached hydrogen (secondary N) is 1. The van der Waals surface area contributed by atoms with E-state index in [0.717, 1.165) is 22.7 Å². The predicted octanol–water partition coefficient (Wildman–Crippen LogP) is 4.15. The number of ether oxygens (including phenoxy) is 1. The summed E-state index contributed by atoms with van der Waals surface area (Å²) in [5.41, 5.74) is 3.02. The first-order chi connectivity index (χ1) is 13.3. The van der Waals surface area contributed by atoms with Crippen LogP contribution in [0.1, 0.15) is 18.5 Å². The van der Waals surface area contributed by atoms with Gasteiger partial charge >= 0.3 is 0 Å². The highest BCUT2D eigenvalue weighted by Crippen LogP contribution is 2.37. The zero-order valence-corrected chi connectivity index (χ0v) is 17.8. The van der Waals surface area contributed by atoms with E-state index in [1.807, 2.05) is 60.4 Å². The van der Waals surface area contributed by atoms with Gasteiger partial charge in [0, 0.05) is 30.5 Å². The van der Waals surface area contributed by atoms with Crippen LogP contribution in [0, 0.1) is 0 Å². The van der Waals surface area contributed by atoms with Crippen LogP contribution in [-0.4, -0.2) is 37.1 Å². The number of likely N-dealkylation sites (N-methyl/N-ethyl adjacent to an activating group) is 1. The molecule has 1 N–H and O–H groups in total. The molecule has 1 unspecified atom stereocenters. The Morgan fingerprint density at radius 3 is 2.39 bits per heavy atom. The van der Waals surface area contributed by atoms with E-state index < -0.39 is 6.04 Å². The molecule has 2 aromatic rings. The van der Waals surface area contributed by atoms with Gasteiger partial charge in [-0.05, 0) is 55.0 Å². The molecule has 1 aliphatic heterocycles. The van der Waals surface area contributed by atoms with Crippen molar-refractivity contribution in [3.8, 4) is 5.75 Å². The molecule has 1 amide bonds. The topological polar surface area (TPSA) is 44.8 Å². The predicted molar refractivity (Wildman–Crippen MR) is 117 cm³/mol. The number of allylic oxidation sites excluding steroid dienone is 1. The number of carbonyl (C=O) groups is 1. The molecule has 0 saturated carbocycles. The summed E-state index contributed by atoms with van der Waals surface area (Å²) in [4.78, 5) is 16.5. The van der Waals surface area contributed by atoms with E-state index >= 15 is 0 Å². The highest BCUT2D eigenvalue weighted by molar-refractivity contribution is 7.80. The standard InChI is InChI=1S/C21H22ClN3O2S/c1-13-18(20(26)24(2)3)19(16-7-5-6-8-17(16)22)23-21(28)25(13)14-9-11-15(27-4)12-10-14/h5-12,19H,1-4H3,(H,23,28). The van der Waals surface area contributed by atoms with Crippen LogP contribution < -0.4 is 15.0 Å². The molecular formula is C21H22ClN3O2S. The van der Waals surface area contributed by atoms with Gasteiger partial charge in [0.1, 0.15) is 5.75 Å². The minimum absolute atomic E-state index is 0.101. The quantitative estimate of drug-likeness (QED) is 0.760. The Labute approximate surface area is 175 Å². The van der Waals surface area contributed by atoms with Gasteiger partial charge in [0.25, 0.3) is 5.91 Å². The average Bonchev–Trinajstić information content (AvgIpc) is 2.68. The van der Waals surface area contributed by atoms with Crippen LogP contribution in [-0.2, 0) is 4.79 Å². The first-order valence-corrected chi connectivity index (χ1v) is 9.55. The summed E-state index contributed by atoms with van der Waals surface area (Å²) in [6.07, 6.45) is 0. The summed E-state index contributed by atoms with van der Waals surface area (Å²) >= 11 is 12.1.